The summed E-state index contributed by atoms with van der Waals surface area (Å²) in [5, 5.41) is 4.10. The number of methoxy groups -OCH3 is 1. The van der Waals surface area contributed by atoms with E-state index in [1.54, 1.807) is 18.4 Å². The second-order valence-corrected chi connectivity index (χ2v) is 7.56. The summed E-state index contributed by atoms with van der Waals surface area (Å²) in [7, 11) is 1.71. The minimum Gasteiger partial charge on any atom is -0.496 e. The molecule has 0 atom stereocenters. The van der Waals surface area contributed by atoms with Crippen LogP contribution in [0.1, 0.15) is 37.8 Å². The summed E-state index contributed by atoms with van der Waals surface area (Å²) in [6.45, 7) is 0. The molecule has 1 aromatic heterocycles. The molecule has 2 aromatic rings. The van der Waals surface area contributed by atoms with E-state index in [1.807, 2.05) is 18.2 Å². The molecule has 0 radical (unpaired) electrons. The number of hydrogen-bond acceptors (Lipinski definition) is 4. The molecule has 0 unspecified atom stereocenters. The zero-order valence-corrected chi connectivity index (χ0v) is 14.0. The van der Waals surface area contributed by atoms with Gasteiger partial charge >= 0.3 is 0 Å². The predicted octanol–water partition coefficient (Wildman–Crippen LogP) is 5.38. The van der Waals surface area contributed by atoms with Crippen molar-refractivity contribution in [3.8, 4) is 16.3 Å². The fourth-order valence-corrected chi connectivity index (χ4v) is 4.93. The molecule has 0 amide bonds. The van der Waals surface area contributed by atoms with Gasteiger partial charge < -0.3 is 4.74 Å². The first-order chi connectivity index (χ1) is 10.4. The van der Waals surface area contributed by atoms with Crippen LogP contribution in [-0.2, 0) is 5.75 Å². The lowest BCUT2D eigenvalue weighted by molar-refractivity contribution is 0.416. The average molecular weight is 319 g/mol. The highest BCUT2D eigenvalue weighted by molar-refractivity contribution is 7.99. The summed E-state index contributed by atoms with van der Waals surface area (Å²) in [6.07, 6.45) is 7.00. The highest BCUT2D eigenvalue weighted by Gasteiger charge is 2.15. The van der Waals surface area contributed by atoms with Gasteiger partial charge in [0.05, 0.1) is 18.4 Å². The van der Waals surface area contributed by atoms with Gasteiger partial charge in [0.25, 0.3) is 0 Å². The van der Waals surface area contributed by atoms with Crippen molar-refractivity contribution in [1.82, 2.24) is 4.98 Å². The molecule has 21 heavy (non-hydrogen) atoms. The fourth-order valence-electron chi connectivity index (χ4n) is 2.75. The quantitative estimate of drug-likeness (QED) is 0.738. The van der Waals surface area contributed by atoms with Crippen LogP contribution in [0.15, 0.2) is 29.6 Å². The van der Waals surface area contributed by atoms with E-state index < -0.39 is 0 Å². The molecule has 0 aliphatic heterocycles. The van der Waals surface area contributed by atoms with E-state index in [-0.39, 0.29) is 0 Å². The van der Waals surface area contributed by atoms with Crippen molar-refractivity contribution < 1.29 is 4.74 Å². The van der Waals surface area contributed by atoms with Gasteiger partial charge in [0.2, 0.25) is 0 Å². The summed E-state index contributed by atoms with van der Waals surface area (Å²) in [6, 6.07) is 8.11. The first-order valence-electron chi connectivity index (χ1n) is 7.56. The predicted molar refractivity (Wildman–Crippen MR) is 92.3 cm³/mol. The van der Waals surface area contributed by atoms with Gasteiger partial charge in [-0.1, -0.05) is 31.4 Å². The van der Waals surface area contributed by atoms with Gasteiger partial charge in [0.1, 0.15) is 10.8 Å². The van der Waals surface area contributed by atoms with Crippen LogP contribution in [0.3, 0.4) is 0 Å². The smallest absolute Gasteiger partial charge is 0.129 e. The summed E-state index contributed by atoms with van der Waals surface area (Å²) in [4.78, 5) is 4.79. The van der Waals surface area contributed by atoms with Crippen LogP contribution in [0.5, 0.6) is 5.75 Å². The summed E-state index contributed by atoms with van der Waals surface area (Å²) in [5.74, 6) is 1.94. The number of hydrogen-bond donors (Lipinski definition) is 0. The number of aromatic nitrogens is 1. The molecule has 1 heterocycles. The third-order valence-electron chi connectivity index (χ3n) is 3.91. The largest absolute Gasteiger partial charge is 0.496 e. The van der Waals surface area contributed by atoms with Gasteiger partial charge in [-0.15, -0.1) is 11.3 Å². The van der Waals surface area contributed by atoms with E-state index in [4.69, 9.17) is 9.72 Å². The van der Waals surface area contributed by atoms with Crippen molar-refractivity contribution in [1.29, 1.82) is 0 Å². The van der Waals surface area contributed by atoms with Crippen molar-refractivity contribution in [2.75, 3.05) is 7.11 Å². The number of thiazole rings is 1. The van der Waals surface area contributed by atoms with Crippen molar-refractivity contribution in [3.05, 3.63) is 35.3 Å². The van der Waals surface area contributed by atoms with Crippen LogP contribution in [0.25, 0.3) is 10.6 Å². The van der Waals surface area contributed by atoms with Crippen LogP contribution in [0.2, 0.25) is 0 Å². The van der Waals surface area contributed by atoms with E-state index in [9.17, 15) is 0 Å². The van der Waals surface area contributed by atoms with E-state index in [2.05, 4.69) is 23.2 Å². The molecule has 0 N–H and O–H groups in total. The molecule has 112 valence electrons. The minimum atomic E-state index is 0.843. The maximum absolute atomic E-state index is 5.43. The third-order valence-corrected chi connectivity index (χ3v) is 6.24. The van der Waals surface area contributed by atoms with Crippen molar-refractivity contribution in [2.24, 2.45) is 0 Å². The molecule has 0 saturated heterocycles. The molecule has 1 fully saturated rings. The Labute approximate surface area is 134 Å². The zero-order valence-electron chi connectivity index (χ0n) is 12.4. The van der Waals surface area contributed by atoms with Crippen LogP contribution in [-0.4, -0.2) is 17.3 Å². The number of benzene rings is 1. The van der Waals surface area contributed by atoms with Gasteiger partial charge in [-0.2, -0.15) is 11.8 Å². The monoisotopic (exact) mass is 319 g/mol. The molecule has 3 rings (SSSR count). The number of rotatable bonds is 5. The number of nitrogens with zero attached hydrogens (tertiary/aromatic N) is 1. The molecule has 1 saturated carbocycles. The Morgan fingerprint density at radius 1 is 1.24 bits per heavy atom. The van der Waals surface area contributed by atoms with E-state index in [0.717, 1.165) is 27.3 Å². The van der Waals surface area contributed by atoms with Gasteiger partial charge in [0, 0.05) is 16.4 Å². The molecule has 2 nitrogen and oxygen atoms in total. The van der Waals surface area contributed by atoms with Gasteiger partial charge in [-0.3, -0.25) is 0 Å². The van der Waals surface area contributed by atoms with Gasteiger partial charge in [-0.05, 0) is 25.0 Å². The Morgan fingerprint density at radius 3 is 2.86 bits per heavy atom. The Morgan fingerprint density at radius 2 is 2.05 bits per heavy atom. The molecular weight excluding hydrogens is 298 g/mol. The SMILES string of the molecule is COc1ccccc1-c1nc(CSC2CCCCC2)cs1. The highest BCUT2D eigenvalue weighted by Crippen LogP contribution is 2.34. The number of thioether (sulfide) groups is 1. The van der Waals surface area contributed by atoms with Crippen LogP contribution in [0, 0.1) is 0 Å². The third kappa shape index (κ3) is 3.80. The summed E-state index contributed by atoms with van der Waals surface area (Å²) < 4.78 is 5.43. The second-order valence-electron chi connectivity index (χ2n) is 5.42. The first-order valence-corrected chi connectivity index (χ1v) is 9.49. The molecule has 4 heteroatoms. The molecule has 1 aliphatic rings. The van der Waals surface area contributed by atoms with Crippen LogP contribution in [0.4, 0.5) is 0 Å². The normalized spacial score (nSPS) is 16.0. The lowest BCUT2D eigenvalue weighted by atomic mass is 10.0. The Kier molecular flexibility index (Phi) is 5.20. The molecular formula is C17H21NOS2. The second kappa shape index (κ2) is 7.32. The van der Waals surface area contributed by atoms with Gasteiger partial charge in [-0.25, -0.2) is 4.98 Å². The standard InChI is InChI=1S/C17H21NOS2/c1-19-16-10-6-5-9-15(16)17-18-13(12-21-17)11-20-14-7-3-2-4-8-14/h5-6,9-10,12,14H,2-4,7-8,11H2,1H3. The minimum absolute atomic E-state index is 0.843. The molecule has 0 bridgehead atoms. The maximum Gasteiger partial charge on any atom is 0.129 e. The molecule has 0 spiro atoms. The maximum atomic E-state index is 5.43. The van der Waals surface area contributed by atoms with Crippen LogP contribution >= 0.6 is 23.1 Å². The highest BCUT2D eigenvalue weighted by atomic mass is 32.2. The summed E-state index contributed by atoms with van der Waals surface area (Å²) in [5.41, 5.74) is 2.30. The average Bonchev–Trinajstić information content (AvgIpc) is 3.02. The van der Waals surface area contributed by atoms with E-state index >= 15 is 0 Å². The Balaban J connectivity index is 1.65. The Bertz CT molecular complexity index is 576. The van der Waals surface area contributed by atoms with E-state index in [1.165, 1.54) is 37.8 Å². The number of para-hydroxylation sites is 1. The van der Waals surface area contributed by atoms with Crippen molar-refractivity contribution in [2.45, 2.75) is 43.1 Å². The molecule has 1 aliphatic carbocycles. The van der Waals surface area contributed by atoms with Gasteiger partial charge in [0.15, 0.2) is 0 Å². The zero-order chi connectivity index (χ0) is 14.5. The molecule has 1 aromatic carbocycles. The first kappa shape index (κ1) is 14.9. The lowest BCUT2D eigenvalue weighted by Crippen LogP contribution is -2.08. The fraction of sp³-hybridized carbons (Fsp3) is 0.471. The summed E-state index contributed by atoms with van der Waals surface area (Å²) >= 11 is 3.80. The van der Waals surface area contributed by atoms with Crippen molar-refractivity contribution >= 4 is 23.1 Å². The Hall–Kier alpha value is -1.000. The topological polar surface area (TPSA) is 22.1 Å². The lowest BCUT2D eigenvalue weighted by Gasteiger charge is -2.20. The number of ether oxygens (including phenoxy) is 1. The van der Waals surface area contributed by atoms with Crippen LogP contribution < -0.4 is 4.74 Å². The van der Waals surface area contributed by atoms with Crippen molar-refractivity contribution in [3.63, 3.8) is 0 Å². The van der Waals surface area contributed by atoms with E-state index in [0.29, 0.717) is 0 Å².